The van der Waals surface area contributed by atoms with Crippen LogP contribution in [0.15, 0.2) is 35.2 Å². The van der Waals surface area contributed by atoms with Crippen molar-refractivity contribution in [1.82, 2.24) is 19.0 Å². The summed E-state index contributed by atoms with van der Waals surface area (Å²) in [5.74, 6) is 0.422. The predicted octanol–water partition coefficient (Wildman–Crippen LogP) is 1.41. The lowest BCUT2D eigenvalue weighted by Crippen LogP contribution is -2.51. The first-order valence-electron chi connectivity index (χ1n) is 12.1. The Morgan fingerprint density at radius 2 is 1.12 bits per heavy atom. The van der Waals surface area contributed by atoms with Crippen LogP contribution in [0.2, 0.25) is 0 Å². The van der Waals surface area contributed by atoms with Crippen LogP contribution in [0.3, 0.4) is 0 Å². The van der Waals surface area contributed by atoms with Gasteiger partial charge in [-0.15, -0.1) is 0 Å². The molecule has 9 nitrogen and oxygen atoms in total. The van der Waals surface area contributed by atoms with Crippen LogP contribution in [0.1, 0.15) is 39.5 Å². The van der Waals surface area contributed by atoms with Crippen molar-refractivity contribution in [2.75, 3.05) is 52.4 Å². The third kappa shape index (κ3) is 6.79. The van der Waals surface area contributed by atoms with Gasteiger partial charge in [0, 0.05) is 71.6 Å². The Hall–Kier alpha value is -2.46. The second kappa shape index (κ2) is 11.8. The van der Waals surface area contributed by atoms with Gasteiger partial charge in [0.25, 0.3) is 0 Å². The monoisotopic (exact) mass is 492 g/mol. The van der Waals surface area contributed by atoms with Gasteiger partial charge in [-0.05, 0) is 24.5 Å². The van der Waals surface area contributed by atoms with Gasteiger partial charge in [-0.2, -0.15) is 4.31 Å². The maximum Gasteiger partial charge on any atom is 0.243 e. The molecule has 2 heterocycles. The molecule has 3 amide bonds. The van der Waals surface area contributed by atoms with Crippen molar-refractivity contribution >= 4 is 27.7 Å². The van der Waals surface area contributed by atoms with Crippen molar-refractivity contribution in [1.29, 1.82) is 0 Å². The first-order valence-corrected chi connectivity index (χ1v) is 13.5. The Morgan fingerprint density at radius 3 is 1.56 bits per heavy atom. The fourth-order valence-electron chi connectivity index (χ4n) is 4.23. The number of carbonyl (C=O) groups excluding carboxylic acids is 3. The minimum absolute atomic E-state index is 0.0760. The summed E-state index contributed by atoms with van der Waals surface area (Å²) in [5.41, 5.74) is 0. The van der Waals surface area contributed by atoms with Crippen LogP contribution >= 0.6 is 0 Å². The van der Waals surface area contributed by atoms with Crippen molar-refractivity contribution in [2.45, 2.75) is 44.4 Å². The van der Waals surface area contributed by atoms with Crippen LogP contribution < -0.4 is 0 Å². The molecule has 2 fully saturated rings. The van der Waals surface area contributed by atoms with Crippen molar-refractivity contribution < 1.29 is 22.8 Å². The summed E-state index contributed by atoms with van der Waals surface area (Å²) >= 11 is 0. The van der Waals surface area contributed by atoms with E-state index in [-0.39, 0.29) is 48.5 Å². The lowest BCUT2D eigenvalue weighted by molar-refractivity contribution is -0.141. The molecule has 0 unspecified atom stereocenters. The molecular formula is C24H36N4O5S. The third-order valence-corrected chi connectivity index (χ3v) is 8.36. The quantitative estimate of drug-likeness (QED) is 0.547. The minimum atomic E-state index is -3.56. The van der Waals surface area contributed by atoms with Crippen LogP contribution in [-0.2, 0) is 24.4 Å². The van der Waals surface area contributed by atoms with E-state index in [1.54, 1.807) is 40.1 Å². The molecule has 0 bridgehead atoms. The van der Waals surface area contributed by atoms with Crippen LogP contribution in [0.25, 0.3) is 0 Å². The summed E-state index contributed by atoms with van der Waals surface area (Å²) in [6.07, 6.45) is 1.65. The molecule has 3 rings (SSSR count). The third-order valence-electron chi connectivity index (χ3n) is 6.45. The molecule has 1 aromatic rings. The fraction of sp³-hybridized carbons (Fsp3) is 0.625. The Labute approximate surface area is 202 Å². The minimum Gasteiger partial charge on any atom is -0.340 e. The lowest BCUT2D eigenvalue weighted by Gasteiger charge is -2.35. The molecule has 0 N–H and O–H groups in total. The number of rotatable bonds is 8. The van der Waals surface area contributed by atoms with Crippen molar-refractivity contribution in [2.24, 2.45) is 5.92 Å². The summed E-state index contributed by atoms with van der Waals surface area (Å²) in [4.78, 5) is 42.9. The van der Waals surface area contributed by atoms with Crippen LogP contribution in [0.5, 0.6) is 0 Å². The molecule has 0 saturated carbocycles. The van der Waals surface area contributed by atoms with E-state index in [9.17, 15) is 22.8 Å². The molecule has 2 aliphatic rings. The Morgan fingerprint density at radius 1 is 0.706 bits per heavy atom. The standard InChI is InChI=1S/C24H36N4O5S/c1-20(2)8-9-22(29)25-12-14-26(15-13-25)23(30)10-11-24(31)27-16-18-28(19-17-27)34(32,33)21-6-4-3-5-7-21/h3-7,20H,8-19H2,1-2H3. The van der Waals surface area contributed by atoms with Crippen LogP contribution in [0.4, 0.5) is 0 Å². The van der Waals surface area contributed by atoms with Gasteiger partial charge in [0.05, 0.1) is 4.90 Å². The normalized spacial score (nSPS) is 17.8. The van der Waals surface area contributed by atoms with Crippen LogP contribution in [-0.4, -0.2) is 97.5 Å². The molecular weight excluding hydrogens is 456 g/mol. The molecule has 188 valence electrons. The summed E-state index contributed by atoms with van der Waals surface area (Å²) < 4.78 is 26.9. The molecule has 10 heteroatoms. The van der Waals surface area contributed by atoms with E-state index >= 15 is 0 Å². The lowest BCUT2D eigenvalue weighted by atomic mass is 10.1. The molecule has 2 aliphatic heterocycles. The van der Waals surface area contributed by atoms with E-state index < -0.39 is 10.0 Å². The number of nitrogens with zero attached hydrogens (tertiary/aromatic N) is 4. The summed E-state index contributed by atoms with van der Waals surface area (Å²) in [5, 5.41) is 0. The van der Waals surface area contributed by atoms with E-state index in [1.807, 2.05) is 4.90 Å². The van der Waals surface area contributed by atoms with E-state index in [2.05, 4.69) is 13.8 Å². The number of hydrogen-bond donors (Lipinski definition) is 0. The second-order valence-corrected chi connectivity index (χ2v) is 11.2. The van der Waals surface area contributed by atoms with Gasteiger partial charge >= 0.3 is 0 Å². The smallest absolute Gasteiger partial charge is 0.243 e. The molecule has 0 radical (unpaired) electrons. The van der Waals surface area contributed by atoms with Gasteiger partial charge in [0.1, 0.15) is 0 Å². The first-order chi connectivity index (χ1) is 16.2. The largest absolute Gasteiger partial charge is 0.340 e. The number of amides is 3. The van der Waals surface area contributed by atoms with Gasteiger partial charge in [0.15, 0.2) is 0 Å². The van der Waals surface area contributed by atoms with Crippen molar-refractivity contribution in [3.63, 3.8) is 0 Å². The van der Waals surface area contributed by atoms with Crippen LogP contribution in [0, 0.1) is 5.92 Å². The zero-order chi connectivity index (χ0) is 24.7. The molecule has 2 saturated heterocycles. The Balaban J connectivity index is 1.38. The number of piperazine rings is 2. The molecule has 1 aromatic carbocycles. The zero-order valence-electron chi connectivity index (χ0n) is 20.2. The Kier molecular flexibility index (Phi) is 9.07. The summed E-state index contributed by atoms with van der Waals surface area (Å²) in [6, 6.07) is 8.28. The summed E-state index contributed by atoms with van der Waals surface area (Å²) in [6.45, 7) is 7.37. The van der Waals surface area contributed by atoms with Crippen molar-refractivity contribution in [3.8, 4) is 0 Å². The second-order valence-electron chi connectivity index (χ2n) is 9.29. The fourth-order valence-corrected chi connectivity index (χ4v) is 5.67. The SMILES string of the molecule is CC(C)CCC(=O)N1CCN(C(=O)CCC(=O)N2CCN(S(=O)(=O)c3ccccc3)CC2)CC1. The average Bonchev–Trinajstić information content (AvgIpc) is 2.86. The molecule has 34 heavy (non-hydrogen) atoms. The van der Waals surface area contributed by atoms with Gasteiger partial charge in [0.2, 0.25) is 27.7 Å². The van der Waals surface area contributed by atoms with E-state index in [0.717, 1.165) is 6.42 Å². The molecule has 0 atom stereocenters. The van der Waals surface area contributed by atoms with Gasteiger partial charge in [-0.25, -0.2) is 8.42 Å². The summed E-state index contributed by atoms with van der Waals surface area (Å²) in [7, 11) is -3.56. The first kappa shape index (κ1) is 26.2. The highest BCUT2D eigenvalue weighted by Gasteiger charge is 2.30. The van der Waals surface area contributed by atoms with E-state index in [4.69, 9.17) is 0 Å². The number of hydrogen-bond acceptors (Lipinski definition) is 5. The zero-order valence-corrected chi connectivity index (χ0v) is 21.0. The highest BCUT2D eigenvalue weighted by atomic mass is 32.2. The number of benzene rings is 1. The van der Waals surface area contributed by atoms with E-state index in [0.29, 0.717) is 51.6 Å². The average molecular weight is 493 g/mol. The highest BCUT2D eigenvalue weighted by Crippen LogP contribution is 2.18. The molecule has 0 spiro atoms. The maximum absolute atomic E-state index is 12.7. The van der Waals surface area contributed by atoms with Crippen molar-refractivity contribution in [3.05, 3.63) is 30.3 Å². The maximum atomic E-state index is 12.7. The van der Waals surface area contributed by atoms with E-state index in [1.165, 1.54) is 4.31 Å². The number of carbonyl (C=O) groups is 3. The Bertz CT molecular complexity index is 951. The van der Waals surface area contributed by atoms with Gasteiger partial charge in [-0.1, -0.05) is 32.0 Å². The van der Waals surface area contributed by atoms with Gasteiger partial charge < -0.3 is 14.7 Å². The highest BCUT2D eigenvalue weighted by molar-refractivity contribution is 7.89. The number of sulfonamides is 1. The topological polar surface area (TPSA) is 98.3 Å². The van der Waals surface area contributed by atoms with Gasteiger partial charge in [-0.3, -0.25) is 14.4 Å². The predicted molar refractivity (Wildman–Crippen MR) is 128 cm³/mol. The molecule has 0 aromatic heterocycles. The molecule has 0 aliphatic carbocycles.